The van der Waals surface area contributed by atoms with Crippen molar-refractivity contribution >= 4 is 29.0 Å². The van der Waals surface area contributed by atoms with E-state index in [2.05, 4.69) is 10.6 Å². The number of hydrogen-bond acceptors (Lipinski definition) is 3. The third-order valence-corrected chi connectivity index (χ3v) is 3.36. The highest BCUT2D eigenvalue weighted by Gasteiger charge is 2.06. The van der Waals surface area contributed by atoms with E-state index in [-0.39, 0.29) is 5.97 Å². The van der Waals surface area contributed by atoms with Crippen LogP contribution >= 0.6 is 12.2 Å². The van der Waals surface area contributed by atoms with Gasteiger partial charge in [0.15, 0.2) is 5.11 Å². The van der Waals surface area contributed by atoms with E-state index in [0.717, 1.165) is 17.7 Å². The van der Waals surface area contributed by atoms with Crippen molar-refractivity contribution in [2.75, 3.05) is 11.9 Å². The van der Waals surface area contributed by atoms with Crippen LogP contribution < -0.4 is 10.6 Å². The van der Waals surface area contributed by atoms with Crippen LogP contribution in [0.1, 0.15) is 29.3 Å². The van der Waals surface area contributed by atoms with Crippen molar-refractivity contribution in [1.82, 2.24) is 5.32 Å². The molecular formula is C18H20N2O2S. The summed E-state index contributed by atoms with van der Waals surface area (Å²) in [6, 6.07) is 17.1. The fraction of sp³-hybridized carbons (Fsp3) is 0.222. The number of thiocarbonyl (C=S) groups is 1. The molecule has 120 valence electrons. The largest absolute Gasteiger partial charge is 0.462 e. The number of anilines is 1. The van der Waals surface area contributed by atoms with Gasteiger partial charge in [-0.25, -0.2) is 4.79 Å². The maximum atomic E-state index is 11.7. The van der Waals surface area contributed by atoms with Gasteiger partial charge in [-0.15, -0.1) is 0 Å². The predicted octanol–water partition coefficient (Wildman–Crippen LogP) is 3.74. The van der Waals surface area contributed by atoms with E-state index in [1.54, 1.807) is 24.3 Å². The molecule has 2 aromatic carbocycles. The second-order valence-corrected chi connectivity index (χ2v) is 5.41. The number of rotatable bonds is 6. The molecule has 0 unspecified atom stereocenters. The molecule has 0 radical (unpaired) electrons. The van der Waals surface area contributed by atoms with Crippen molar-refractivity contribution in [3.63, 3.8) is 0 Å². The maximum Gasteiger partial charge on any atom is 0.338 e. The van der Waals surface area contributed by atoms with E-state index >= 15 is 0 Å². The Balaban J connectivity index is 1.83. The molecule has 0 bridgehead atoms. The number of nitrogens with one attached hydrogen (secondary N) is 2. The third-order valence-electron chi connectivity index (χ3n) is 3.11. The summed E-state index contributed by atoms with van der Waals surface area (Å²) in [4.78, 5) is 11.7. The Hall–Kier alpha value is -2.40. The molecule has 5 heteroatoms. The second kappa shape index (κ2) is 8.90. The van der Waals surface area contributed by atoms with Crippen LogP contribution in [-0.4, -0.2) is 17.7 Å². The summed E-state index contributed by atoms with van der Waals surface area (Å²) in [5.41, 5.74) is 2.51. The molecule has 0 atom stereocenters. The average Bonchev–Trinajstić information content (AvgIpc) is 2.59. The standard InChI is InChI=1S/C18H20N2O2S/c1-2-12-22-17(21)15-8-10-16(11-9-15)20-18(23)19-13-14-6-4-3-5-7-14/h3-11H,2,12-13H2,1H3,(H2,19,20,23). The maximum absolute atomic E-state index is 11.7. The zero-order valence-electron chi connectivity index (χ0n) is 13.0. The molecule has 0 spiro atoms. The van der Waals surface area contributed by atoms with Gasteiger partial charge in [-0.3, -0.25) is 0 Å². The van der Waals surface area contributed by atoms with Crippen molar-refractivity contribution in [3.05, 3.63) is 65.7 Å². The van der Waals surface area contributed by atoms with Crippen LogP contribution in [0.5, 0.6) is 0 Å². The summed E-state index contributed by atoms with van der Waals surface area (Å²) in [6.45, 7) is 3.06. The summed E-state index contributed by atoms with van der Waals surface area (Å²) in [5, 5.41) is 6.77. The summed E-state index contributed by atoms with van der Waals surface area (Å²) in [5.74, 6) is -0.303. The first kappa shape index (κ1) is 17.0. The van der Waals surface area contributed by atoms with Crippen LogP contribution in [0.4, 0.5) is 5.69 Å². The van der Waals surface area contributed by atoms with Crippen LogP contribution in [0.15, 0.2) is 54.6 Å². The minimum absolute atomic E-state index is 0.303. The zero-order valence-corrected chi connectivity index (χ0v) is 13.9. The lowest BCUT2D eigenvalue weighted by molar-refractivity contribution is 0.0505. The van der Waals surface area contributed by atoms with Gasteiger partial charge in [0.1, 0.15) is 0 Å². The number of carbonyl (C=O) groups is 1. The zero-order chi connectivity index (χ0) is 16.5. The van der Waals surface area contributed by atoms with Crippen molar-refractivity contribution in [3.8, 4) is 0 Å². The van der Waals surface area contributed by atoms with Gasteiger partial charge in [-0.2, -0.15) is 0 Å². The van der Waals surface area contributed by atoms with Gasteiger partial charge in [-0.1, -0.05) is 37.3 Å². The monoisotopic (exact) mass is 328 g/mol. The van der Waals surface area contributed by atoms with Crippen LogP contribution in [0, 0.1) is 0 Å². The first-order valence-electron chi connectivity index (χ1n) is 7.55. The van der Waals surface area contributed by atoms with Gasteiger partial charge in [0.2, 0.25) is 0 Å². The van der Waals surface area contributed by atoms with E-state index < -0.39 is 0 Å². The van der Waals surface area contributed by atoms with Gasteiger partial charge >= 0.3 is 5.97 Å². The molecule has 0 saturated carbocycles. The number of esters is 1. The first-order valence-corrected chi connectivity index (χ1v) is 7.96. The summed E-state index contributed by atoms with van der Waals surface area (Å²) >= 11 is 5.26. The van der Waals surface area contributed by atoms with Crippen molar-refractivity contribution in [2.24, 2.45) is 0 Å². The Morgan fingerprint density at radius 3 is 2.43 bits per heavy atom. The molecule has 0 fully saturated rings. The molecule has 0 amide bonds. The average molecular weight is 328 g/mol. The Morgan fingerprint density at radius 2 is 1.78 bits per heavy atom. The highest BCUT2D eigenvalue weighted by Crippen LogP contribution is 2.11. The highest BCUT2D eigenvalue weighted by atomic mass is 32.1. The van der Waals surface area contributed by atoms with Gasteiger partial charge in [-0.05, 0) is 48.5 Å². The summed E-state index contributed by atoms with van der Waals surface area (Å²) in [6.07, 6.45) is 0.812. The Labute approximate surface area is 141 Å². The molecule has 0 aliphatic rings. The number of carbonyl (C=O) groups excluding carboxylic acids is 1. The molecule has 2 rings (SSSR count). The Morgan fingerprint density at radius 1 is 1.09 bits per heavy atom. The van der Waals surface area contributed by atoms with Crippen LogP contribution in [0.3, 0.4) is 0 Å². The molecule has 0 aliphatic heterocycles. The Kier molecular flexibility index (Phi) is 6.56. The third kappa shape index (κ3) is 5.71. The molecule has 4 nitrogen and oxygen atoms in total. The van der Waals surface area contributed by atoms with E-state index in [9.17, 15) is 4.79 Å². The lowest BCUT2D eigenvalue weighted by Crippen LogP contribution is -2.27. The molecule has 0 aliphatic carbocycles. The SMILES string of the molecule is CCCOC(=O)c1ccc(NC(=S)NCc2ccccc2)cc1. The minimum Gasteiger partial charge on any atom is -0.462 e. The molecule has 2 aromatic rings. The molecule has 23 heavy (non-hydrogen) atoms. The smallest absolute Gasteiger partial charge is 0.338 e. The van der Waals surface area contributed by atoms with E-state index in [1.807, 2.05) is 37.3 Å². The van der Waals surface area contributed by atoms with Crippen LogP contribution in [0.2, 0.25) is 0 Å². The van der Waals surface area contributed by atoms with Gasteiger partial charge in [0.25, 0.3) is 0 Å². The van der Waals surface area contributed by atoms with Crippen LogP contribution in [0.25, 0.3) is 0 Å². The van der Waals surface area contributed by atoms with Crippen molar-refractivity contribution < 1.29 is 9.53 Å². The van der Waals surface area contributed by atoms with Gasteiger partial charge in [0, 0.05) is 12.2 Å². The van der Waals surface area contributed by atoms with Crippen molar-refractivity contribution in [2.45, 2.75) is 19.9 Å². The predicted molar refractivity (Wildman–Crippen MR) is 96.5 cm³/mol. The van der Waals surface area contributed by atoms with Gasteiger partial charge < -0.3 is 15.4 Å². The number of benzene rings is 2. The van der Waals surface area contributed by atoms with E-state index in [1.165, 1.54) is 0 Å². The van der Waals surface area contributed by atoms with Crippen molar-refractivity contribution in [1.29, 1.82) is 0 Å². The minimum atomic E-state index is -0.303. The van der Waals surface area contributed by atoms with E-state index in [0.29, 0.717) is 23.8 Å². The molecule has 0 aromatic heterocycles. The molecule has 2 N–H and O–H groups in total. The fourth-order valence-electron chi connectivity index (χ4n) is 1.92. The van der Waals surface area contributed by atoms with E-state index in [4.69, 9.17) is 17.0 Å². The molecular weight excluding hydrogens is 308 g/mol. The summed E-state index contributed by atoms with van der Waals surface area (Å²) < 4.78 is 5.09. The molecule has 0 heterocycles. The molecule has 0 saturated heterocycles. The lowest BCUT2D eigenvalue weighted by atomic mass is 10.2. The second-order valence-electron chi connectivity index (χ2n) is 5.01. The summed E-state index contributed by atoms with van der Waals surface area (Å²) in [7, 11) is 0. The number of ether oxygens (including phenoxy) is 1. The first-order chi connectivity index (χ1) is 11.2. The number of hydrogen-bond donors (Lipinski definition) is 2. The van der Waals surface area contributed by atoms with Gasteiger partial charge in [0.05, 0.1) is 12.2 Å². The highest BCUT2D eigenvalue weighted by molar-refractivity contribution is 7.80. The lowest BCUT2D eigenvalue weighted by Gasteiger charge is -2.11. The normalized spacial score (nSPS) is 9.96. The Bertz CT molecular complexity index is 642. The fourth-order valence-corrected chi connectivity index (χ4v) is 2.11. The topological polar surface area (TPSA) is 50.4 Å². The quantitative estimate of drug-likeness (QED) is 0.625. The van der Waals surface area contributed by atoms with Crippen LogP contribution in [-0.2, 0) is 11.3 Å².